The van der Waals surface area contributed by atoms with Crippen molar-refractivity contribution >= 4 is 24.0 Å². The van der Waals surface area contributed by atoms with Crippen LogP contribution in [0.3, 0.4) is 0 Å². The zero-order valence-electron chi connectivity index (χ0n) is 13.0. The maximum Gasteiger partial charge on any atom is 0.363 e. The molecule has 5 heteroatoms. The van der Waals surface area contributed by atoms with E-state index >= 15 is 0 Å². The van der Waals surface area contributed by atoms with Crippen molar-refractivity contribution in [1.29, 1.82) is 0 Å². The van der Waals surface area contributed by atoms with E-state index in [1.54, 1.807) is 24.3 Å². The van der Waals surface area contributed by atoms with Gasteiger partial charge in [0, 0.05) is 6.08 Å². The number of cyclic esters (lactones) is 1. The lowest BCUT2D eigenvalue weighted by Gasteiger charge is -2.03. The molecule has 0 atom stereocenters. The number of aromatic hydroxyl groups is 1. The molecule has 2 aromatic rings. The Hall–Kier alpha value is -3.34. The van der Waals surface area contributed by atoms with Crippen molar-refractivity contribution in [2.45, 2.75) is 0 Å². The van der Waals surface area contributed by atoms with E-state index in [4.69, 9.17) is 9.47 Å². The summed E-state index contributed by atoms with van der Waals surface area (Å²) >= 11 is 0. The van der Waals surface area contributed by atoms with Gasteiger partial charge in [0.15, 0.2) is 17.2 Å². The first kappa shape index (κ1) is 15.6. The van der Waals surface area contributed by atoms with Crippen LogP contribution in [0.5, 0.6) is 11.5 Å². The van der Waals surface area contributed by atoms with E-state index in [0.717, 1.165) is 5.56 Å². The number of carbonyl (C=O) groups is 1. The number of rotatable bonds is 4. The number of carbonyl (C=O) groups excluding carboxylic acids is 1. The molecule has 1 heterocycles. The molecule has 3 rings (SSSR count). The SMILES string of the molecule is COc1ccc(/C=C2N=C(/C=C/c3ccccc3)OC/2=O)cc1O. The summed E-state index contributed by atoms with van der Waals surface area (Å²) < 4.78 is 10.1. The topological polar surface area (TPSA) is 68.1 Å². The van der Waals surface area contributed by atoms with Gasteiger partial charge in [0.25, 0.3) is 0 Å². The zero-order valence-corrected chi connectivity index (χ0v) is 13.0. The summed E-state index contributed by atoms with van der Waals surface area (Å²) in [6.45, 7) is 0. The van der Waals surface area contributed by atoms with Gasteiger partial charge in [-0.25, -0.2) is 9.79 Å². The van der Waals surface area contributed by atoms with Gasteiger partial charge in [-0.3, -0.25) is 0 Å². The van der Waals surface area contributed by atoms with Crippen LogP contribution in [0.25, 0.3) is 12.2 Å². The van der Waals surface area contributed by atoms with Crippen molar-refractivity contribution in [3.8, 4) is 11.5 Å². The number of nitrogens with zero attached hydrogens (tertiary/aromatic N) is 1. The molecule has 1 aliphatic heterocycles. The number of phenolic OH excluding ortho intramolecular Hbond substituents is 1. The standard InChI is InChI=1S/C19H15NO4/c1-23-17-9-7-14(12-16(17)21)11-15-19(22)24-18(20-15)10-8-13-5-3-2-4-6-13/h2-12,21H,1H3/b10-8+,15-11+. The fourth-order valence-corrected chi connectivity index (χ4v) is 2.18. The number of hydrogen-bond donors (Lipinski definition) is 1. The summed E-state index contributed by atoms with van der Waals surface area (Å²) in [5, 5.41) is 9.78. The average molecular weight is 321 g/mol. The van der Waals surface area contributed by atoms with E-state index in [2.05, 4.69) is 4.99 Å². The van der Waals surface area contributed by atoms with Gasteiger partial charge in [0.05, 0.1) is 7.11 Å². The van der Waals surface area contributed by atoms with Crippen LogP contribution < -0.4 is 4.74 Å². The summed E-state index contributed by atoms with van der Waals surface area (Å²) in [6.07, 6.45) is 5.00. The van der Waals surface area contributed by atoms with Gasteiger partial charge < -0.3 is 14.6 Å². The van der Waals surface area contributed by atoms with E-state index < -0.39 is 5.97 Å². The predicted octanol–water partition coefficient (Wildman–Crippen LogP) is 3.41. The van der Waals surface area contributed by atoms with Crippen molar-refractivity contribution < 1.29 is 19.4 Å². The Bertz CT molecular complexity index is 851. The molecule has 1 N–H and O–H groups in total. The lowest BCUT2D eigenvalue weighted by atomic mass is 10.1. The predicted molar refractivity (Wildman–Crippen MR) is 91.6 cm³/mol. The maximum absolute atomic E-state index is 11.9. The van der Waals surface area contributed by atoms with Gasteiger partial charge in [-0.1, -0.05) is 36.4 Å². The van der Waals surface area contributed by atoms with E-state index in [1.165, 1.54) is 13.2 Å². The Balaban J connectivity index is 1.81. The summed E-state index contributed by atoms with van der Waals surface area (Å²) in [6, 6.07) is 14.5. The Morgan fingerprint density at radius 2 is 1.88 bits per heavy atom. The van der Waals surface area contributed by atoms with Crippen molar-refractivity contribution in [2.75, 3.05) is 7.11 Å². The average Bonchev–Trinajstić information content (AvgIpc) is 2.94. The Morgan fingerprint density at radius 1 is 1.08 bits per heavy atom. The van der Waals surface area contributed by atoms with E-state index in [1.807, 2.05) is 36.4 Å². The van der Waals surface area contributed by atoms with E-state index in [9.17, 15) is 9.90 Å². The maximum atomic E-state index is 11.9. The smallest absolute Gasteiger partial charge is 0.363 e. The summed E-state index contributed by atoms with van der Waals surface area (Å²) in [5.74, 6) is 0.0541. The molecule has 0 radical (unpaired) electrons. The number of methoxy groups -OCH3 is 1. The monoisotopic (exact) mass is 321 g/mol. The van der Waals surface area contributed by atoms with Gasteiger partial charge in [0.1, 0.15) is 0 Å². The van der Waals surface area contributed by atoms with Gasteiger partial charge >= 0.3 is 5.97 Å². The molecule has 0 saturated heterocycles. The molecule has 0 aliphatic carbocycles. The molecule has 0 saturated carbocycles. The lowest BCUT2D eigenvalue weighted by Crippen LogP contribution is -2.01. The second-order valence-electron chi connectivity index (χ2n) is 5.04. The van der Waals surface area contributed by atoms with Crippen LogP contribution in [0.1, 0.15) is 11.1 Å². The minimum atomic E-state index is -0.530. The minimum Gasteiger partial charge on any atom is -0.504 e. The zero-order chi connectivity index (χ0) is 16.9. The van der Waals surface area contributed by atoms with Crippen LogP contribution in [0.4, 0.5) is 0 Å². The Kier molecular flexibility index (Phi) is 4.43. The van der Waals surface area contributed by atoms with Crippen LogP contribution in [-0.2, 0) is 9.53 Å². The molecule has 5 nitrogen and oxygen atoms in total. The van der Waals surface area contributed by atoms with Gasteiger partial charge in [-0.05, 0) is 35.4 Å². The molecule has 0 amide bonds. The van der Waals surface area contributed by atoms with E-state index in [-0.39, 0.29) is 17.3 Å². The van der Waals surface area contributed by atoms with Crippen LogP contribution in [0, 0.1) is 0 Å². The van der Waals surface area contributed by atoms with Crippen LogP contribution in [0.15, 0.2) is 65.3 Å². The third-order valence-corrected chi connectivity index (χ3v) is 3.36. The fourth-order valence-electron chi connectivity index (χ4n) is 2.18. The highest BCUT2D eigenvalue weighted by Crippen LogP contribution is 2.28. The van der Waals surface area contributed by atoms with Crippen LogP contribution >= 0.6 is 0 Å². The number of aliphatic imine (C=N–C) groups is 1. The largest absolute Gasteiger partial charge is 0.504 e. The number of ether oxygens (including phenoxy) is 2. The van der Waals surface area contributed by atoms with Crippen LogP contribution in [-0.4, -0.2) is 24.1 Å². The van der Waals surface area contributed by atoms with Gasteiger partial charge in [-0.2, -0.15) is 0 Å². The molecule has 2 aromatic carbocycles. The van der Waals surface area contributed by atoms with Gasteiger partial charge in [0.2, 0.25) is 5.90 Å². The highest BCUT2D eigenvalue weighted by atomic mass is 16.6. The van der Waals surface area contributed by atoms with E-state index in [0.29, 0.717) is 11.3 Å². The van der Waals surface area contributed by atoms with Gasteiger partial charge in [-0.15, -0.1) is 0 Å². The fraction of sp³-hybridized carbons (Fsp3) is 0.0526. The normalized spacial score (nSPS) is 15.6. The molecule has 0 spiro atoms. The van der Waals surface area contributed by atoms with Crippen molar-refractivity contribution in [3.05, 3.63) is 71.4 Å². The number of esters is 1. The third-order valence-electron chi connectivity index (χ3n) is 3.36. The first-order valence-corrected chi connectivity index (χ1v) is 7.28. The molecule has 0 aromatic heterocycles. The van der Waals surface area contributed by atoms with Crippen LogP contribution in [0.2, 0.25) is 0 Å². The third kappa shape index (κ3) is 3.52. The van der Waals surface area contributed by atoms with Crippen molar-refractivity contribution in [2.24, 2.45) is 4.99 Å². The minimum absolute atomic E-state index is 0.00797. The second-order valence-corrected chi connectivity index (χ2v) is 5.04. The first-order chi connectivity index (χ1) is 11.7. The lowest BCUT2D eigenvalue weighted by molar-refractivity contribution is -0.129. The number of hydrogen-bond acceptors (Lipinski definition) is 5. The molecule has 120 valence electrons. The number of phenols is 1. The van der Waals surface area contributed by atoms with Crippen molar-refractivity contribution in [1.82, 2.24) is 0 Å². The number of benzene rings is 2. The molecular formula is C19H15NO4. The molecule has 24 heavy (non-hydrogen) atoms. The highest BCUT2D eigenvalue weighted by Gasteiger charge is 2.21. The first-order valence-electron chi connectivity index (χ1n) is 7.28. The second kappa shape index (κ2) is 6.83. The molecule has 0 bridgehead atoms. The summed E-state index contributed by atoms with van der Waals surface area (Å²) in [7, 11) is 1.47. The highest BCUT2D eigenvalue weighted by molar-refractivity contribution is 6.11. The molecular weight excluding hydrogens is 306 g/mol. The molecule has 1 aliphatic rings. The molecule has 0 fully saturated rings. The van der Waals surface area contributed by atoms with Crippen molar-refractivity contribution in [3.63, 3.8) is 0 Å². The summed E-state index contributed by atoms with van der Waals surface area (Å²) in [5.41, 5.74) is 1.78. The Labute approximate surface area is 139 Å². The Morgan fingerprint density at radius 3 is 2.58 bits per heavy atom. The summed E-state index contributed by atoms with van der Waals surface area (Å²) in [4.78, 5) is 16.0. The molecule has 0 unspecified atom stereocenters. The quantitative estimate of drug-likeness (QED) is 0.692.